The predicted octanol–water partition coefficient (Wildman–Crippen LogP) is 3.84. The van der Waals surface area contributed by atoms with E-state index in [1.165, 1.54) is 6.07 Å². The SMILES string of the molecule is Cc1cc(OC(=O)C(C)(C)Cl)ccc1OC(=O)C(C)(C)Cl. The van der Waals surface area contributed by atoms with Crippen molar-refractivity contribution in [3.63, 3.8) is 0 Å². The van der Waals surface area contributed by atoms with Crippen LogP contribution >= 0.6 is 23.2 Å². The summed E-state index contributed by atoms with van der Waals surface area (Å²) in [5, 5.41) is 0. The maximum Gasteiger partial charge on any atom is 0.332 e. The molecule has 21 heavy (non-hydrogen) atoms. The molecule has 1 aromatic rings. The van der Waals surface area contributed by atoms with Crippen LogP contribution in [0.3, 0.4) is 0 Å². The minimum Gasteiger partial charge on any atom is -0.425 e. The van der Waals surface area contributed by atoms with Crippen molar-refractivity contribution < 1.29 is 19.1 Å². The molecule has 0 amide bonds. The molecular formula is C15H18Cl2O4. The average molecular weight is 333 g/mol. The van der Waals surface area contributed by atoms with Gasteiger partial charge in [-0.1, -0.05) is 0 Å². The molecule has 0 atom stereocenters. The fourth-order valence-corrected chi connectivity index (χ4v) is 1.33. The lowest BCUT2D eigenvalue weighted by atomic mass is 10.2. The van der Waals surface area contributed by atoms with Crippen molar-refractivity contribution in [3.8, 4) is 11.5 Å². The second-order valence-corrected chi connectivity index (χ2v) is 7.54. The Hall–Kier alpha value is -1.26. The topological polar surface area (TPSA) is 52.6 Å². The Balaban J connectivity index is 2.87. The smallest absolute Gasteiger partial charge is 0.332 e. The van der Waals surface area contributed by atoms with Crippen LogP contribution < -0.4 is 9.47 Å². The molecule has 0 aliphatic heterocycles. The molecule has 0 saturated heterocycles. The fourth-order valence-electron chi connectivity index (χ4n) is 1.25. The summed E-state index contributed by atoms with van der Waals surface area (Å²) in [5.74, 6) is -0.427. The highest BCUT2D eigenvalue weighted by Gasteiger charge is 2.28. The molecule has 0 fully saturated rings. The predicted molar refractivity (Wildman–Crippen MR) is 82.3 cm³/mol. The van der Waals surface area contributed by atoms with Gasteiger partial charge in [0.15, 0.2) is 0 Å². The maximum absolute atomic E-state index is 11.7. The summed E-state index contributed by atoms with van der Waals surface area (Å²) in [7, 11) is 0. The summed E-state index contributed by atoms with van der Waals surface area (Å²) in [6.45, 7) is 7.91. The lowest BCUT2D eigenvalue weighted by Gasteiger charge is -2.17. The molecule has 116 valence electrons. The van der Waals surface area contributed by atoms with E-state index < -0.39 is 21.7 Å². The zero-order chi connectivity index (χ0) is 16.4. The van der Waals surface area contributed by atoms with E-state index in [9.17, 15) is 9.59 Å². The first-order chi connectivity index (χ1) is 9.41. The Morgan fingerprint density at radius 2 is 1.43 bits per heavy atom. The van der Waals surface area contributed by atoms with Crippen molar-refractivity contribution in [1.29, 1.82) is 0 Å². The van der Waals surface area contributed by atoms with E-state index in [1.807, 2.05) is 0 Å². The van der Waals surface area contributed by atoms with Crippen LogP contribution in [0.25, 0.3) is 0 Å². The zero-order valence-corrected chi connectivity index (χ0v) is 14.1. The molecule has 0 saturated carbocycles. The molecule has 1 aromatic carbocycles. The molecule has 0 spiro atoms. The normalized spacial score (nSPS) is 12.0. The van der Waals surface area contributed by atoms with Gasteiger partial charge < -0.3 is 9.47 Å². The van der Waals surface area contributed by atoms with Gasteiger partial charge in [-0.25, -0.2) is 9.59 Å². The van der Waals surface area contributed by atoms with Gasteiger partial charge in [-0.2, -0.15) is 0 Å². The van der Waals surface area contributed by atoms with Crippen molar-refractivity contribution >= 4 is 35.1 Å². The van der Waals surface area contributed by atoms with Crippen LogP contribution in [-0.4, -0.2) is 21.7 Å². The number of aryl methyl sites for hydroxylation is 1. The van der Waals surface area contributed by atoms with Crippen molar-refractivity contribution in [2.45, 2.75) is 44.4 Å². The first-order valence-corrected chi connectivity index (χ1v) is 7.10. The summed E-state index contributed by atoms with van der Waals surface area (Å²) in [4.78, 5) is 21.2. The Labute approximate surface area is 134 Å². The molecule has 0 heterocycles. The van der Waals surface area contributed by atoms with E-state index >= 15 is 0 Å². The summed E-state index contributed by atoms with van der Waals surface area (Å²) in [6, 6.07) is 4.65. The zero-order valence-electron chi connectivity index (χ0n) is 12.6. The van der Waals surface area contributed by atoms with Crippen LogP contribution in [0.2, 0.25) is 0 Å². The maximum atomic E-state index is 11.7. The van der Waals surface area contributed by atoms with Crippen LogP contribution in [-0.2, 0) is 9.59 Å². The van der Waals surface area contributed by atoms with Crippen molar-refractivity contribution in [2.75, 3.05) is 0 Å². The minimum absolute atomic E-state index is 0.330. The molecule has 0 N–H and O–H groups in total. The number of rotatable bonds is 4. The third kappa shape index (κ3) is 5.21. The molecule has 1 rings (SSSR count). The van der Waals surface area contributed by atoms with Gasteiger partial charge >= 0.3 is 11.9 Å². The van der Waals surface area contributed by atoms with Crippen molar-refractivity contribution in [1.82, 2.24) is 0 Å². The first kappa shape index (κ1) is 17.8. The number of ether oxygens (including phenoxy) is 2. The number of hydrogen-bond donors (Lipinski definition) is 0. The number of alkyl halides is 2. The molecule has 0 bridgehead atoms. The van der Waals surface area contributed by atoms with Gasteiger partial charge in [-0.05, 0) is 58.4 Å². The lowest BCUT2D eigenvalue weighted by Crippen LogP contribution is -2.30. The average Bonchev–Trinajstić information content (AvgIpc) is 2.30. The number of carbonyl (C=O) groups is 2. The second-order valence-electron chi connectivity index (χ2n) is 5.65. The fraction of sp³-hybridized carbons (Fsp3) is 0.467. The van der Waals surface area contributed by atoms with Gasteiger partial charge in [0.25, 0.3) is 0 Å². The molecule has 6 heteroatoms. The van der Waals surface area contributed by atoms with Crippen LogP contribution in [0.4, 0.5) is 0 Å². The summed E-state index contributed by atoms with van der Waals surface area (Å²) in [6.07, 6.45) is 0. The van der Waals surface area contributed by atoms with Crippen LogP contribution in [0.1, 0.15) is 33.3 Å². The Morgan fingerprint density at radius 1 is 0.952 bits per heavy atom. The molecular weight excluding hydrogens is 315 g/mol. The standard InChI is InChI=1S/C15H18Cl2O4/c1-9-8-10(20-12(18)14(2,3)16)6-7-11(9)21-13(19)15(4,5)17/h6-8H,1-5H3. The van der Waals surface area contributed by atoms with Crippen LogP contribution in [0.15, 0.2) is 18.2 Å². The first-order valence-electron chi connectivity index (χ1n) is 6.34. The van der Waals surface area contributed by atoms with Gasteiger partial charge in [0, 0.05) is 0 Å². The lowest BCUT2D eigenvalue weighted by molar-refractivity contribution is -0.137. The van der Waals surface area contributed by atoms with Gasteiger partial charge in [-0.15, -0.1) is 23.2 Å². The van der Waals surface area contributed by atoms with Crippen LogP contribution in [0, 0.1) is 6.92 Å². The highest BCUT2D eigenvalue weighted by molar-refractivity contribution is 6.33. The van der Waals surface area contributed by atoms with Crippen molar-refractivity contribution in [2.24, 2.45) is 0 Å². The Morgan fingerprint density at radius 3 is 1.86 bits per heavy atom. The van der Waals surface area contributed by atoms with E-state index in [-0.39, 0.29) is 0 Å². The molecule has 0 aliphatic carbocycles. The van der Waals surface area contributed by atoms with Crippen molar-refractivity contribution in [3.05, 3.63) is 23.8 Å². The third-order valence-electron chi connectivity index (χ3n) is 2.53. The number of benzene rings is 1. The van der Waals surface area contributed by atoms with E-state index in [0.717, 1.165) is 0 Å². The largest absolute Gasteiger partial charge is 0.425 e. The monoisotopic (exact) mass is 332 g/mol. The van der Waals surface area contributed by atoms with Gasteiger partial charge in [0.1, 0.15) is 21.2 Å². The summed E-state index contributed by atoms with van der Waals surface area (Å²) >= 11 is 11.7. The van der Waals surface area contributed by atoms with Crippen LogP contribution in [0.5, 0.6) is 11.5 Å². The highest BCUT2D eigenvalue weighted by Crippen LogP contribution is 2.27. The van der Waals surface area contributed by atoms with E-state index in [0.29, 0.717) is 17.1 Å². The highest BCUT2D eigenvalue weighted by atomic mass is 35.5. The number of carbonyl (C=O) groups excluding carboxylic acids is 2. The van der Waals surface area contributed by atoms with Gasteiger partial charge in [-0.3, -0.25) is 0 Å². The molecule has 0 radical (unpaired) electrons. The molecule has 0 unspecified atom stereocenters. The molecule has 4 nitrogen and oxygen atoms in total. The number of halogens is 2. The van der Waals surface area contributed by atoms with E-state index in [2.05, 4.69) is 0 Å². The molecule has 0 aliphatic rings. The van der Waals surface area contributed by atoms with Gasteiger partial charge in [0.2, 0.25) is 0 Å². The van der Waals surface area contributed by atoms with E-state index in [1.54, 1.807) is 46.8 Å². The number of hydrogen-bond acceptors (Lipinski definition) is 4. The third-order valence-corrected chi connectivity index (χ3v) is 2.84. The van der Waals surface area contributed by atoms with E-state index in [4.69, 9.17) is 32.7 Å². The quantitative estimate of drug-likeness (QED) is 0.477. The Bertz CT molecular complexity index is 554. The van der Waals surface area contributed by atoms with Gasteiger partial charge in [0.05, 0.1) is 0 Å². The molecule has 0 aromatic heterocycles. The summed E-state index contributed by atoms with van der Waals surface area (Å²) in [5.41, 5.74) is 0.641. The second kappa shape index (κ2) is 6.24. The summed E-state index contributed by atoms with van der Waals surface area (Å²) < 4.78 is 10.3. The minimum atomic E-state index is -1.11. The Kier molecular flexibility index (Phi) is 5.29. The number of esters is 2.